The van der Waals surface area contributed by atoms with Crippen LogP contribution in [0.3, 0.4) is 0 Å². The zero-order valence-electron chi connectivity index (χ0n) is 24.2. The number of ether oxygens (including phenoxy) is 1. The third kappa shape index (κ3) is 6.69. The number of pyridine rings is 1. The van der Waals surface area contributed by atoms with Gasteiger partial charge in [0.05, 0.1) is 22.5 Å². The molecule has 4 aromatic rings. The van der Waals surface area contributed by atoms with Crippen molar-refractivity contribution in [3.05, 3.63) is 83.1 Å². The number of nitrogens with zero attached hydrogens (tertiary/aromatic N) is 4. The Balaban J connectivity index is 1.19. The number of hydrogen-bond acceptors (Lipinski definition) is 6. The summed E-state index contributed by atoms with van der Waals surface area (Å²) in [6.45, 7) is 4.00. The Bertz CT molecular complexity index is 1650. The van der Waals surface area contributed by atoms with Crippen LogP contribution in [0.25, 0.3) is 23.1 Å². The maximum atomic E-state index is 14.1. The maximum Gasteiger partial charge on any atom is 0.252 e. The number of hydrogen-bond donors (Lipinski definition) is 1. The average Bonchev–Trinajstić information content (AvgIpc) is 3.55. The summed E-state index contributed by atoms with van der Waals surface area (Å²) in [5.74, 6) is -0.641. The lowest BCUT2D eigenvalue weighted by molar-refractivity contribution is -0.0367. The summed E-state index contributed by atoms with van der Waals surface area (Å²) < 4.78 is 22.3. The van der Waals surface area contributed by atoms with Crippen LogP contribution in [0.15, 0.2) is 64.5 Å². The second-order valence-corrected chi connectivity index (χ2v) is 12.8. The lowest BCUT2D eigenvalue weighted by Crippen LogP contribution is -2.26. The number of amides is 1. The van der Waals surface area contributed by atoms with Gasteiger partial charge in [0.15, 0.2) is 6.23 Å². The van der Waals surface area contributed by atoms with E-state index in [9.17, 15) is 9.18 Å². The fraction of sp³-hybridized carbons (Fsp3) is 0.382. The van der Waals surface area contributed by atoms with E-state index in [1.165, 1.54) is 42.3 Å². The van der Waals surface area contributed by atoms with Crippen molar-refractivity contribution in [1.29, 1.82) is 0 Å². The normalized spacial score (nSPS) is 19.4. The number of carbonyl (C=O) groups excluding carboxylic acids is 1. The van der Waals surface area contributed by atoms with Gasteiger partial charge in [-0.1, -0.05) is 11.8 Å². The lowest BCUT2D eigenvalue weighted by atomic mass is 10.1. The maximum absolute atomic E-state index is 14.1. The average molecular weight is 598 g/mol. The molecule has 1 atom stereocenters. The van der Waals surface area contributed by atoms with Gasteiger partial charge in [0, 0.05) is 40.6 Å². The monoisotopic (exact) mass is 597 g/mol. The minimum Gasteiger partial charge on any atom is -0.356 e. The SMILES string of the molecule is O=C(NC1CC1)c1cc(F)ccc1Sc1ccc2c(/C=C/c3cc(CN4CCCC4)ccn3)nn(C3CCCCO3)c2c1. The van der Waals surface area contributed by atoms with E-state index in [1.54, 1.807) is 6.07 Å². The molecular weight excluding hydrogens is 561 g/mol. The predicted octanol–water partition coefficient (Wildman–Crippen LogP) is 7.08. The van der Waals surface area contributed by atoms with Crippen LogP contribution in [-0.4, -0.2) is 51.3 Å². The van der Waals surface area contributed by atoms with Gasteiger partial charge in [-0.3, -0.25) is 14.7 Å². The molecule has 4 heterocycles. The molecule has 1 unspecified atom stereocenters. The smallest absolute Gasteiger partial charge is 0.252 e. The van der Waals surface area contributed by atoms with Crippen LogP contribution in [0.2, 0.25) is 0 Å². The molecule has 2 aromatic heterocycles. The third-order valence-electron chi connectivity index (χ3n) is 8.32. The van der Waals surface area contributed by atoms with Crippen LogP contribution < -0.4 is 5.32 Å². The van der Waals surface area contributed by atoms with Crippen molar-refractivity contribution in [1.82, 2.24) is 25.0 Å². The number of carbonyl (C=O) groups is 1. The summed E-state index contributed by atoms with van der Waals surface area (Å²) in [4.78, 5) is 21.6. The topological polar surface area (TPSA) is 72.3 Å². The predicted molar refractivity (Wildman–Crippen MR) is 167 cm³/mol. The van der Waals surface area contributed by atoms with Gasteiger partial charge in [-0.15, -0.1) is 0 Å². The number of likely N-dealkylation sites (tertiary alicyclic amines) is 1. The molecule has 3 fully saturated rings. The summed E-state index contributed by atoms with van der Waals surface area (Å²) >= 11 is 1.46. The Labute approximate surface area is 255 Å². The first-order chi connectivity index (χ1) is 21.1. The standard InChI is InChI=1S/C34H36FN5O2S/c35-24-6-13-32(29(20-24)34(41)37-25-7-8-25)43-27-10-11-28-30(38-40(31(28)21-27)33-5-1-4-18-42-33)12-9-26-19-23(14-15-36-26)22-39-16-2-3-17-39/h6,9-15,19-21,25,33H,1-5,7-8,16-18,22H2,(H,37,41)/b12-9+. The van der Waals surface area contributed by atoms with E-state index in [0.29, 0.717) is 12.2 Å². The largest absolute Gasteiger partial charge is 0.356 e. The first-order valence-corrected chi connectivity index (χ1v) is 16.2. The highest BCUT2D eigenvalue weighted by atomic mass is 32.2. The summed E-state index contributed by atoms with van der Waals surface area (Å²) in [6, 6.07) is 15.1. The molecule has 3 aliphatic rings. The van der Waals surface area contributed by atoms with Gasteiger partial charge in [0.25, 0.3) is 5.91 Å². The van der Waals surface area contributed by atoms with E-state index in [2.05, 4.69) is 39.5 Å². The number of halogens is 1. The molecule has 1 N–H and O–H groups in total. The molecule has 1 aliphatic carbocycles. The Kier molecular flexibility index (Phi) is 8.28. The zero-order valence-corrected chi connectivity index (χ0v) is 25.0. The number of nitrogens with one attached hydrogen (secondary N) is 1. The highest BCUT2D eigenvalue weighted by Gasteiger charge is 2.26. The van der Waals surface area contributed by atoms with E-state index in [-0.39, 0.29) is 18.2 Å². The Hall–Kier alpha value is -3.53. The molecule has 2 saturated heterocycles. The molecule has 7 nitrogen and oxygen atoms in total. The van der Waals surface area contributed by atoms with Gasteiger partial charge in [0.1, 0.15) is 5.82 Å². The van der Waals surface area contributed by atoms with E-state index in [4.69, 9.17) is 9.84 Å². The van der Waals surface area contributed by atoms with Crippen LogP contribution in [0.4, 0.5) is 4.39 Å². The molecule has 0 radical (unpaired) electrons. The van der Waals surface area contributed by atoms with Crippen LogP contribution in [0.5, 0.6) is 0 Å². The van der Waals surface area contributed by atoms with Crippen LogP contribution in [0, 0.1) is 5.82 Å². The van der Waals surface area contributed by atoms with Crippen molar-refractivity contribution in [2.45, 2.75) is 73.6 Å². The molecule has 0 spiro atoms. The van der Waals surface area contributed by atoms with E-state index in [0.717, 1.165) is 83.8 Å². The molecule has 222 valence electrons. The molecule has 0 bridgehead atoms. The molecule has 7 rings (SSSR count). The van der Waals surface area contributed by atoms with Crippen molar-refractivity contribution >= 4 is 40.7 Å². The summed E-state index contributed by atoms with van der Waals surface area (Å²) in [7, 11) is 0. The van der Waals surface area contributed by atoms with E-state index in [1.807, 2.05) is 29.1 Å². The highest BCUT2D eigenvalue weighted by molar-refractivity contribution is 7.99. The fourth-order valence-electron chi connectivity index (χ4n) is 5.90. The summed E-state index contributed by atoms with van der Waals surface area (Å²) in [6.07, 6.45) is 13.4. The van der Waals surface area contributed by atoms with Crippen molar-refractivity contribution in [2.24, 2.45) is 0 Å². The minimum absolute atomic E-state index is 0.133. The molecular formula is C34H36FN5O2S. The second kappa shape index (κ2) is 12.6. The quantitative estimate of drug-likeness (QED) is 0.222. The number of fused-ring (bicyclic) bond motifs is 1. The van der Waals surface area contributed by atoms with Gasteiger partial charge in [-0.25, -0.2) is 9.07 Å². The van der Waals surface area contributed by atoms with Crippen LogP contribution in [0.1, 0.15) is 78.5 Å². The first-order valence-electron chi connectivity index (χ1n) is 15.4. The van der Waals surface area contributed by atoms with E-state index >= 15 is 0 Å². The third-order valence-corrected chi connectivity index (χ3v) is 9.39. The fourth-order valence-corrected chi connectivity index (χ4v) is 6.86. The lowest BCUT2D eigenvalue weighted by Gasteiger charge is -2.23. The first kappa shape index (κ1) is 28.3. The molecule has 9 heteroatoms. The molecule has 1 amide bonds. The Morgan fingerprint density at radius 1 is 1.02 bits per heavy atom. The van der Waals surface area contributed by atoms with Gasteiger partial charge in [0.2, 0.25) is 0 Å². The van der Waals surface area contributed by atoms with Crippen LogP contribution >= 0.6 is 11.8 Å². The van der Waals surface area contributed by atoms with Gasteiger partial charge in [-0.2, -0.15) is 5.10 Å². The number of rotatable bonds is 9. The van der Waals surface area contributed by atoms with Crippen molar-refractivity contribution in [3.63, 3.8) is 0 Å². The Morgan fingerprint density at radius 2 is 1.91 bits per heavy atom. The molecule has 43 heavy (non-hydrogen) atoms. The molecule has 1 saturated carbocycles. The second-order valence-electron chi connectivity index (χ2n) is 11.7. The van der Waals surface area contributed by atoms with Crippen molar-refractivity contribution in [2.75, 3.05) is 19.7 Å². The van der Waals surface area contributed by atoms with Gasteiger partial charge < -0.3 is 10.1 Å². The molecule has 2 aliphatic heterocycles. The summed E-state index contributed by atoms with van der Waals surface area (Å²) in [5, 5.41) is 9.04. The Morgan fingerprint density at radius 3 is 2.72 bits per heavy atom. The zero-order chi connectivity index (χ0) is 29.2. The van der Waals surface area contributed by atoms with E-state index < -0.39 is 5.82 Å². The number of benzene rings is 2. The van der Waals surface area contributed by atoms with Gasteiger partial charge in [-0.05, 0) is 124 Å². The highest BCUT2D eigenvalue weighted by Crippen LogP contribution is 2.36. The van der Waals surface area contributed by atoms with Crippen molar-refractivity contribution in [3.8, 4) is 0 Å². The van der Waals surface area contributed by atoms with Crippen LogP contribution in [-0.2, 0) is 11.3 Å². The minimum atomic E-state index is -0.416. The molecule has 2 aromatic carbocycles. The van der Waals surface area contributed by atoms with Crippen molar-refractivity contribution < 1.29 is 13.9 Å². The number of aromatic nitrogens is 3. The van der Waals surface area contributed by atoms with Gasteiger partial charge >= 0.3 is 0 Å². The summed E-state index contributed by atoms with van der Waals surface area (Å²) in [5.41, 5.74) is 4.38.